The standard InChI is InChI=1S/C41H55N9O3/c1-27-13-10-11-22-49(27)40-47-46-38-21-18-31(26-50(38)40)53-35-20-19-34(32-16-8-9-17-33(32)35)44-39(51)45-37(24-36(42)41(3,4)5)43-29-14-12-15-30(23-29)52-28(2)25-48(6)7/h8-9,12,14-18,21,23-24,26-28,34-35,42-43H,10-11,13,19-20,22,25H2,1-7H3,(H2,44,45,51)/b37-24+,42-36?/t27-,28-,34-,35+/m0/s1. The molecule has 12 heteroatoms. The second-order valence-corrected chi connectivity index (χ2v) is 15.7. The molecule has 282 valence electrons. The van der Waals surface area contributed by atoms with Crippen LogP contribution in [0.2, 0.25) is 0 Å². The highest BCUT2D eigenvalue weighted by atomic mass is 16.5. The molecule has 2 amide bonds. The van der Waals surface area contributed by atoms with Gasteiger partial charge in [-0.2, -0.15) is 0 Å². The lowest BCUT2D eigenvalue weighted by molar-refractivity contribution is 0.171. The summed E-state index contributed by atoms with van der Waals surface area (Å²) in [4.78, 5) is 18.1. The predicted octanol–water partition coefficient (Wildman–Crippen LogP) is 7.71. The minimum absolute atomic E-state index is 0.00415. The van der Waals surface area contributed by atoms with Crippen molar-refractivity contribution in [2.75, 3.05) is 37.4 Å². The van der Waals surface area contributed by atoms with E-state index in [4.69, 9.17) is 14.9 Å². The summed E-state index contributed by atoms with van der Waals surface area (Å²) in [6.45, 7) is 11.9. The fourth-order valence-electron chi connectivity index (χ4n) is 7.07. The Labute approximate surface area is 313 Å². The number of anilines is 2. The highest BCUT2D eigenvalue weighted by Gasteiger charge is 2.30. The molecule has 2 aliphatic rings. The Kier molecular flexibility index (Phi) is 11.6. The third-order valence-corrected chi connectivity index (χ3v) is 9.85. The van der Waals surface area contributed by atoms with Crippen LogP contribution in [-0.4, -0.2) is 70.6 Å². The average Bonchev–Trinajstić information content (AvgIpc) is 3.52. The van der Waals surface area contributed by atoms with E-state index in [-0.39, 0.29) is 24.3 Å². The third kappa shape index (κ3) is 9.47. The number of nitrogens with one attached hydrogen (secondary N) is 4. The van der Waals surface area contributed by atoms with Crippen molar-refractivity contribution in [1.82, 2.24) is 30.1 Å². The molecule has 0 bridgehead atoms. The Balaban J connectivity index is 1.16. The summed E-state index contributed by atoms with van der Waals surface area (Å²) in [6, 6.07) is 19.5. The van der Waals surface area contributed by atoms with Gasteiger partial charge >= 0.3 is 6.03 Å². The van der Waals surface area contributed by atoms with Gasteiger partial charge < -0.3 is 35.3 Å². The maximum atomic E-state index is 13.7. The first-order valence-corrected chi connectivity index (χ1v) is 18.8. The number of nitrogens with zero attached hydrogens (tertiary/aromatic N) is 5. The Bertz CT molecular complexity index is 1930. The molecule has 53 heavy (non-hydrogen) atoms. The Morgan fingerprint density at radius 1 is 1.02 bits per heavy atom. The van der Waals surface area contributed by atoms with Crippen LogP contribution in [0.1, 0.15) is 90.0 Å². The first-order valence-electron chi connectivity index (χ1n) is 18.8. The fraction of sp³-hybridized carbons (Fsp3) is 0.463. The Morgan fingerprint density at radius 2 is 1.81 bits per heavy atom. The van der Waals surface area contributed by atoms with Crippen molar-refractivity contribution in [3.63, 3.8) is 0 Å². The van der Waals surface area contributed by atoms with Crippen LogP contribution in [0.15, 0.2) is 78.8 Å². The van der Waals surface area contributed by atoms with E-state index in [9.17, 15) is 4.79 Å². The quantitative estimate of drug-likeness (QED) is 0.109. The van der Waals surface area contributed by atoms with Crippen molar-refractivity contribution in [2.45, 2.75) is 91.0 Å². The Hall–Kier alpha value is -5.10. The smallest absolute Gasteiger partial charge is 0.320 e. The van der Waals surface area contributed by atoms with Gasteiger partial charge in [-0.1, -0.05) is 51.1 Å². The van der Waals surface area contributed by atoms with Gasteiger partial charge in [-0.3, -0.25) is 9.72 Å². The van der Waals surface area contributed by atoms with E-state index in [2.05, 4.69) is 55.0 Å². The zero-order valence-corrected chi connectivity index (χ0v) is 32.1. The number of benzene rings is 2. The molecule has 1 aliphatic heterocycles. The maximum Gasteiger partial charge on any atom is 0.320 e. The second-order valence-electron chi connectivity index (χ2n) is 15.7. The van der Waals surface area contributed by atoms with Crippen LogP contribution in [0.4, 0.5) is 16.4 Å². The predicted molar refractivity (Wildman–Crippen MR) is 211 cm³/mol. The number of hydrogen-bond acceptors (Lipinski definition) is 9. The minimum atomic E-state index is -0.415. The molecule has 4 N–H and O–H groups in total. The lowest BCUT2D eigenvalue weighted by Gasteiger charge is -2.33. The van der Waals surface area contributed by atoms with Crippen LogP contribution >= 0.6 is 0 Å². The summed E-state index contributed by atoms with van der Waals surface area (Å²) in [6.07, 6.45) is 8.41. The molecule has 4 atom stereocenters. The molecule has 6 rings (SSSR count). The number of urea groups is 1. The van der Waals surface area contributed by atoms with Crippen molar-refractivity contribution in [1.29, 1.82) is 5.41 Å². The van der Waals surface area contributed by atoms with Gasteiger partial charge in [0.25, 0.3) is 0 Å². The number of piperidine rings is 1. The number of allylic oxidation sites excluding steroid dienone is 1. The summed E-state index contributed by atoms with van der Waals surface area (Å²) in [5.41, 5.74) is 3.55. The molecule has 1 aliphatic carbocycles. The van der Waals surface area contributed by atoms with Gasteiger partial charge in [-0.25, -0.2) is 4.79 Å². The summed E-state index contributed by atoms with van der Waals surface area (Å²) in [5.74, 6) is 2.71. The molecule has 0 unspecified atom stereocenters. The number of ether oxygens (including phenoxy) is 2. The number of likely N-dealkylation sites (N-methyl/N-ethyl adjacent to an activating group) is 1. The van der Waals surface area contributed by atoms with Crippen molar-refractivity contribution in [3.8, 4) is 11.5 Å². The van der Waals surface area contributed by atoms with Crippen LogP contribution in [0.3, 0.4) is 0 Å². The third-order valence-electron chi connectivity index (χ3n) is 9.85. The Morgan fingerprint density at radius 3 is 2.57 bits per heavy atom. The van der Waals surface area contributed by atoms with E-state index in [1.54, 1.807) is 6.08 Å². The van der Waals surface area contributed by atoms with Gasteiger partial charge in [0.1, 0.15) is 29.5 Å². The van der Waals surface area contributed by atoms with E-state index in [0.717, 1.165) is 60.1 Å². The average molecular weight is 722 g/mol. The fourth-order valence-corrected chi connectivity index (χ4v) is 7.07. The van der Waals surface area contributed by atoms with Crippen LogP contribution in [0.5, 0.6) is 11.5 Å². The number of carbonyl (C=O) groups is 1. The lowest BCUT2D eigenvalue weighted by Crippen LogP contribution is -2.41. The normalized spacial score (nSPS) is 19.7. The summed E-state index contributed by atoms with van der Waals surface area (Å²) in [7, 11) is 4.03. The highest BCUT2D eigenvalue weighted by molar-refractivity contribution is 5.97. The topological polar surface area (TPSA) is 132 Å². The number of carbonyl (C=O) groups excluding carboxylic acids is 1. The number of amides is 2. The molecule has 0 spiro atoms. The first-order chi connectivity index (χ1) is 25.3. The summed E-state index contributed by atoms with van der Waals surface area (Å²) in [5, 5.41) is 27.2. The molecule has 12 nitrogen and oxygen atoms in total. The van der Waals surface area contributed by atoms with Gasteiger partial charge in [0, 0.05) is 48.1 Å². The van der Waals surface area contributed by atoms with E-state index in [1.165, 1.54) is 6.42 Å². The molecule has 3 heterocycles. The molecule has 2 aromatic carbocycles. The molecule has 0 radical (unpaired) electrons. The van der Waals surface area contributed by atoms with E-state index in [0.29, 0.717) is 36.2 Å². The largest absolute Gasteiger partial charge is 0.489 e. The molecule has 4 aromatic rings. The number of aromatic nitrogens is 3. The van der Waals surface area contributed by atoms with E-state index < -0.39 is 5.41 Å². The molecule has 1 saturated heterocycles. The van der Waals surface area contributed by atoms with Crippen LogP contribution in [0.25, 0.3) is 5.65 Å². The van der Waals surface area contributed by atoms with Crippen molar-refractivity contribution in [2.24, 2.45) is 5.41 Å². The van der Waals surface area contributed by atoms with Gasteiger partial charge in [0.2, 0.25) is 5.95 Å². The van der Waals surface area contributed by atoms with Gasteiger partial charge in [-0.05, 0) is 95.4 Å². The minimum Gasteiger partial charge on any atom is -0.489 e. The molecular weight excluding hydrogens is 667 g/mol. The van der Waals surface area contributed by atoms with Crippen LogP contribution < -0.4 is 30.3 Å². The van der Waals surface area contributed by atoms with Crippen LogP contribution in [-0.2, 0) is 0 Å². The first kappa shape index (κ1) is 37.7. The van der Waals surface area contributed by atoms with Crippen molar-refractivity contribution >= 4 is 29.0 Å². The molecular formula is C41H55N9O3. The summed E-state index contributed by atoms with van der Waals surface area (Å²) < 4.78 is 14.8. The van der Waals surface area contributed by atoms with Gasteiger partial charge in [0.05, 0.1) is 12.2 Å². The number of fused-ring (bicyclic) bond motifs is 2. The number of hydrogen-bond donors (Lipinski definition) is 4. The zero-order chi connectivity index (χ0) is 37.7. The number of rotatable bonds is 12. The van der Waals surface area contributed by atoms with Crippen molar-refractivity contribution in [3.05, 3.63) is 89.9 Å². The maximum absolute atomic E-state index is 13.7. The zero-order valence-electron chi connectivity index (χ0n) is 32.1. The van der Waals surface area contributed by atoms with E-state index in [1.807, 2.05) is 101 Å². The van der Waals surface area contributed by atoms with Gasteiger partial charge in [-0.15, -0.1) is 10.2 Å². The lowest BCUT2D eigenvalue weighted by atomic mass is 9.85. The summed E-state index contributed by atoms with van der Waals surface area (Å²) >= 11 is 0. The molecule has 2 aromatic heterocycles. The van der Waals surface area contributed by atoms with Crippen molar-refractivity contribution < 1.29 is 14.3 Å². The molecule has 1 fully saturated rings. The van der Waals surface area contributed by atoms with Gasteiger partial charge in [0.15, 0.2) is 5.65 Å². The SMILES string of the molecule is C[C@@H](CN(C)C)Oc1cccc(N/C(=C\C(=N)C(C)(C)C)NC(=O)N[C@H]2CC[C@@H](Oc3ccc4nnc(N5CCCC[C@@H]5C)n4c3)c3ccccc32)c1. The monoisotopic (exact) mass is 721 g/mol. The second kappa shape index (κ2) is 16.3. The number of pyridine rings is 1. The molecule has 0 saturated carbocycles. The van der Waals surface area contributed by atoms with E-state index >= 15 is 0 Å². The van der Waals surface area contributed by atoms with Crippen LogP contribution in [0, 0.1) is 10.8 Å². The highest BCUT2D eigenvalue weighted by Crippen LogP contribution is 2.39.